The SMILES string of the molecule is CCN(Cc1ccc(C#N)cc1F)C(=O)[C@@H](N)CCSC. The maximum Gasteiger partial charge on any atom is 0.239 e. The summed E-state index contributed by atoms with van der Waals surface area (Å²) in [5.41, 5.74) is 6.53. The second-order valence-electron chi connectivity index (χ2n) is 4.66. The maximum atomic E-state index is 13.9. The van der Waals surface area contributed by atoms with E-state index in [1.54, 1.807) is 17.8 Å². The van der Waals surface area contributed by atoms with E-state index in [4.69, 9.17) is 11.0 Å². The van der Waals surface area contributed by atoms with Crippen LogP contribution in [0.4, 0.5) is 4.39 Å². The topological polar surface area (TPSA) is 70.1 Å². The van der Waals surface area contributed by atoms with Crippen LogP contribution < -0.4 is 5.73 Å². The van der Waals surface area contributed by atoms with Crippen molar-refractivity contribution in [1.29, 1.82) is 5.26 Å². The highest BCUT2D eigenvalue weighted by Gasteiger charge is 2.20. The number of rotatable bonds is 7. The monoisotopic (exact) mass is 309 g/mol. The molecule has 1 aromatic rings. The van der Waals surface area contributed by atoms with Crippen LogP contribution in [0.15, 0.2) is 18.2 Å². The molecule has 0 heterocycles. The number of nitrogens with two attached hydrogens (primary N) is 1. The first-order valence-corrected chi connectivity index (χ1v) is 8.14. The lowest BCUT2D eigenvalue weighted by Gasteiger charge is -2.24. The van der Waals surface area contributed by atoms with Crippen molar-refractivity contribution >= 4 is 17.7 Å². The summed E-state index contributed by atoms with van der Waals surface area (Å²) < 4.78 is 13.9. The van der Waals surface area contributed by atoms with Crippen LogP contribution >= 0.6 is 11.8 Å². The zero-order chi connectivity index (χ0) is 15.8. The van der Waals surface area contributed by atoms with Crippen molar-refractivity contribution in [2.75, 3.05) is 18.6 Å². The summed E-state index contributed by atoms with van der Waals surface area (Å²) in [5, 5.41) is 8.72. The zero-order valence-electron chi connectivity index (χ0n) is 12.3. The molecule has 1 atom stereocenters. The van der Waals surface area contributed by atoms with Gasteiger partial charge in [0.25, 0.3) is 0 Å². The van der Waals surface area contributed by atoms with E-state index in [1.165, 1.54) is 17.0 Å². The molecule has 0 aromatic heterocycles. The van der Waals surface area contributed by atoms with Gasteiger partial charge in [0.15, 0.2) is 0 Å². The summed E-state index contributed by atoms with van der Waals surface area (Å²) in [5.74, 6) is 0.170. The Morgan fingerprint density at radius 1 is 1.57 bits per heavy atom. The second-order valence-corrected chi connectivity index (χ2v) is 5.64. The first-order chi connectivity index (χ1) is 10.0. The normalized spacial score (nSPS) is 11.8. The number of carbonyl (C=O) groups is 1. The van der Waals surface area contributed by atoms with Crippen molar-refractivity contribution in [2.45, 2.75) is 25.9 Å². The van der Waals surface area contributed by atoms with Crippen LogP contribution in [0.2, 0.25) is 0 Å². The molecule has 0 spiro atoms. The van der Waals surface area contributed by atoms with Gasteiger partial charge in [0.05, 0.1) is 17.7 Å². The third-order valence-corrected chi connectivity index (χ3v) is 3.83. The number of nitrogens with zero attached hydrogens (tertiary/aromatic N) is 2. The van der Waals surface area contributed by atoms with Crippen LogP contribution in [-0.2, 0) is 11.3 Å². The van der Waals surface area contributed by atoms with E-state index in [2.05, 4.69) is 0 Å². The van der Waals surface area contributed by atoms with Crippen molar-refractivity contribution in [2.24, 2.45) is 5.73 Å². The first-order valence-electron chi connectivity index (χ1n) is 6.75. The van der Waals surface area contributed by atoms with E-state index < -0.39 is 11.9 Å². The maximum absolute atomic E-state index is 13.9. The van der Waals surface area contributed by atoms with Crippen LogP contribution in [-0.4, -0.2) is 35.4 Å². The standard InChI is InChI=1S/C15H20FN3OS/c1-3-19(15(20)14(18)6-7-21-2)10-12-5-4-11(9-17)8-13(12)16/h4-5,8,14H,3,6-7,10,18H2,1-2H3/t14-/m0/s1. The molecule has 4 nitrogen and oxygen atoms in total. The fraction of sp³-hybridized carbons (Fsp3) is 0.467. The molecule has 21 heavy (non-hydrogen) atoms. The van der Waals surface area contributed by atoms with E-state index in [1.807, 2.05) is 19.2 Å². The van der Waals surface area contributed by atoms with E-state index in [-0.39, 0.29) is 18.0 Å². The average molecular weight is 309 g/mol. The molecule has 0 aliphatic carbocycles. The molecule has 114 valence electrons. The molecule has 2 N–H and O–H groups in total. The number of thioether (sulfide) groups is 1. The third kappa shape index (κ3) is 5.03. The Morgan fingerprint density at radius 2 is 2.29 bits per heavy atom. The Morgan fingerprint density at radius 3 is 2.81 bits per heavy atom. The number of benzene rings is 1. The summed E-state index contributed by atoms with van der Waals surface area (Å²) in [6.07, 6.45) is 2.56. The van der Waals surface area contributed by atoms with E-state index in [0.717, 1.165) is 5.75 Å². The Labute approximate surface area is 129 Å². The summed E-state index contributed by atoms with van der Waals surface area (Å²) in [7, 11) is 0. The van der Waals surface area contributed by atoms with Gasteiger partial charge in [0, 0.05) is 18.7 Å². The minimum atomic E-state index is -0.557. The Balaban J connectivity index is 2.78. The highest BCUT2D eigenvalue weighted by atomic mass is 32.2. The lowest BCUT2D eigenvalue weighted by atomic mass is 10.1. The smallest absolute Gasteiger partial charge is 0.239 e. The van der Waals surface area contributed by atoms with Crippen molar-refractivity contribution in [1.82, 2.24) is 4.90 Å². The lowest BCUT2D eigenvalue weighted by molar-refractivity contribution is -0.133. The highest BCUT2D eigenvalue weighted by molar-refractivity contribution is 7.98. The van der Waals surface area contributed by atoms with Gasteiger partial charge >= 0.3 is 0 Å². The fourth-order valence-electron chi connectivity index (χ4n) is 1.90. The van der Waals surface area contributed by atoms with Gasteiger partial charge in [-0.05, 0) is 37.5 Å². The lowest BCUT2D eigenvalue weighted by Crippen LogP contribution is -2.43. The number of carbonyl (C=O) groups excluding carboxylic acids is 1. The number of nitriles is 1. The van der Waals surface area contributed by atoms with Crippen LogP contribution in [0.5, 0.6) is 0 Å². The predicted octanol–water partition coefficient (Wildman–Crippen LogP) is 2.13. The molecule has 0 bridgehead atoms. The summed E-state index contributed by atoms with van der Waals surface area (Å²) in [6, 6.07) is 5.59. The molecule has 1 amide bonds. The Bertz CT molecular complexity index is 530. The van der Waals surface area contributed by atoms with Gasteiger partial charge in [0.2, 0.25) is 5.91 Å². The number of likely N-dealkylation sites (N-methyl/N-ethyl adjacent to an activating group) is 1. The van der Waals surface area contributed by atoms with Gasteiger partial charge < -0.3 is 10.6 Å². The highest BCUT2D eigenvalue weighted by Crippen LogP contribution is 2.14. The number of halogens is 1. The molecular formula is C15H20FN3OS. The van der Waals surface area contributed by atoms with Crippen LogP contribution in [0.1, 0.15) is 24.5 Å². The van der Waals surface area contributed by atoms with Gasteiger partial charge in [-0.3, -0.25) is 4.79 Å². The summed E-state index contributed by atoms with van der Waals surface area (Å²) in [4.78, 5) is 13.8. The van der Waals surface area contributed by atoms with Crippen LogP contribution in [0, 0.1) is 17.1 Å². The largest absolute Gasteiger partial charge is 0.337 e. The quantitative estimate of drug-likeness (QED) is 0.837. The van der Waals surface area contributed by atoms with E-state index in [0.29, 0.717) is 18.5 Å². The average Bonchev–Trinajstić information content (AvgIpc) is 2.50. The summed E-state index contributed by atoms with van der Waals surface area (Å²) in [6.45, 7) is 2.46. The number of hydrogen-bond donors (Lipinski definition) is 1. The van der Waals surface area contributed by atoms with Crippen molar-refractivity contribution in [3.8, 4) is 6.07 Å². The minimum absolute atomic E-state index is 0.167. The molecule has 0 saturated carbocycles. The van der Waals surface area contributed by atoms with Gasteiger partial charge in [-0.2, -0.15) is 17.0 Å². The van der Waals surface area contributed by atoms with Gasteiger partial charge in [0.1, 0.15) is 5.82 Å². The molecule has 0 aliphatic rings. The summed E-state index contributed by atoms with van der Waals surface area (Å²) >= 11 is 1.64. The van der Waals surface area contributed by atoms with E-state index in [9.17, 15) is 9.18 Å². The number of hydrogen-bond acceptors (Lipinski definition) is 4. The van der Waals surface area contributed by atoms with Gasteiger partial charge in [-0.25, -0.2) is 4.39 Å². The molecule has 0 unspecified atom stereocenters. The second kappa shape index (κ2) is 8.65. The molecule has 1 aromatic carbocycles. The zero-order valence-corrected chi connectivity index (χ0v) is 13.1. The fourth-order valence-corrected chi connectivity index (χ4v) is 2.39. The molecule has 0 fully saturated rings. The molecule has 0 aliphatic heterocycles. The third-order valence-electron chi connectivity index (χ3n) is 3.19. The molecular weight excluding hydrogens is 289 g/mol. The Kier molecular flexibility index (Phi) is 7.20. The molecule has 6 heteroatoms. The van der Waals surface area contributed by atoms with Crippen LogP contribution in [0.3, 0.4) is 0 Å². The molecule has 0 radical (unpaired) electrons. The predicted molar refractivity (Wildman–Crippen MR) is 83.2 cm³/mol. The molecule has 0 saturated heterocycles. The van der Waals surface area contributed by atoms with Crippen molar-refractivity contribution in [3.63, 3.8) is 0 Å². The van der Waals surface area contributed by atoms with Gasteiger partial charge in [-0.15, -0.1) is 0 Å². The van der Waals surface area contributed by atoms with Crippen LogP contribution in [0.25, 0.3) is 0 Å². The van der Waals surface area contributed by atoms with E-state index >= 15 is 0 Å². The Hall–Kier alpha value is -1.58. The first kappa shape index (κ1) is 17.5. The number of amides is 1. The van der Waals surface area contributed by atoms with Crippen molar-refractivity contribution in [3.05, 3.63) is 35.1 Å². The minimum Gasteiger partial charge on any atom is -0.337 e. The molecule has 1 rings (SSSR count). The van der Waals surface area contributed by atoms with Gasteiger partial charge in [-0.1, -0.05) is 6.07 Å². The van der Waals surface area contributed by atoms with Crippen molar-refractivity contribution < 1.29 is 9.18 Å².